The molecule has 0 aliphatic heterocycles. The van der Waals surface area contributed by atoms with Crippen LogP contribution in [0.5, 0.6) is 0 Å². The van der Waals surface area contributed by atoms with Gasteiger partial charge in [0.05, 0.1) is 10.9 Å². The summed E-state index contributed by atoms with van der Waals surface area (Å²) in [4.78, 5) is 23.5. The Morgan fingerprint density at radius 1 is 1.35 bits per heavy atom. The molecule has 1 aromatic carbocycles. The maximum Gasteiger partial charge on any atom is 0.352 e. The Hall–Kier alpha value is -2.24. The summed E-state index contributed by atoms with van der Waals surface area (Å²) < 4.78 is 28.7. The molecule has 2 aromatic rings. The molecule has 20 heavy (non-hydrogen) atoms. The van der Waals surface area contributed by atoms with Gasteiger partial charge in [0, 0.05) is 17.7 Å². The zero-order chi connectivity index (χ0) is 14.6. The lowest BCUT2D eigenvalue weighted by atomic mass is 10.1. The van der Waals surface area contributed by atoms with Crippen LogP contribution in [0.3, 0.4) is 0 Å². The Morgan fingerprint density at radius 3 is 2.55 bits per heavy atom. The highest BCUT2D eigenvalue weighted by atomic mass is 19.1. The molecule has 0 amide bonds. The molecule has 0 unspecified atom stereocenters. The van der Waals surface area contributed by atoms with Crippen molar-refractivity contribution in [2.45, 2.75) is 25.8 Å². The smallest absolute Gasteiger partial charge is 0.352 e. The van der Waals surface area contributed by atoms with Crippen LogP contribution in [0.2, 0.25) is 0 Å². The third-order valence-corrected chi connectivity index (χ3v) is 3.57. The molecule has 1 N–H and O–H groups in total. The molecule has 0 bridgehead atoms. The van der Waals surface area contributed by atoms with E-state index in [-0.39, 0.29) is 28.2 Å². The molecule has 4 nitrogen and oxygen atoms in total. The first-order chi connectivity index (χ1) is 9.41. The van der Waals surface area contributed by atoms with Crippen LogP contribution in [0.4, 0.5) is 8.78 Å². The average Bonchev–Trinajstić information content (AvgIpc) is 3.17. The minimum absolute atomic E-state index is 0.00176. The number of benzene rings is 1. The Balaban J connectivity index is 2.58. The number of carboxylic acid groups (broad SMARTS) is 1. The van der Waals surface area contributed by atoms with Crippen molar-refractivity contribution in [1.29, 1.82) is 0 Å². The van der Waals surface area contributed by atoms with Crippen LogP contribution >= 0.6 is 0 Å². The van der Waals surface area contributed by atoms with Gasteiger partial charge in [0.1, 0.15) is 11.5 Å². The molecule has 6 heteroatoms. The lowest BCUT2D eigenvalue weighted by Crippen LogP contribution is -2.22. The van der Waals surface area contributed by atoms with E-state index in [0.29, 0.717) is 18.9 Å². The number of pyridine rings is 1. The molecular formula is C14H11F2NO3. The van der Waals surface area contributed by atoms with Gasteiger partial charge in [0.25, 0.3) is 0 Å². The van der Waals surface area contributed by atoms with Crippen LogP contribution < -0.4 is 5.43 Å². The minimum Gasteiger partial charge on any atom is -0.477 e. The number of rotatable bonds is 2. The fourth-order valence-electron chi connectivity index (χ4n) is 2.55. The molecule has 0 atom stereocenters. The fourth-order valence-corrected chi connectivity index (χ4v) is 2.55. The van der Waals surface area contributed by atoms with Crippen LogP contribution in [-0.4, -0.2) is 15.6 Å². The van der Waals surface area contributed by atoms with Crippen molar-refractivity contribution in [2.24, 2.45) is 0 Å². The van der Waals surface area contributed by atoms with Crippen molar-refractivity contribution < 1.29 is 18.7 Å². The summed E-state index contributed by atoms with van der Waals surface area (Å²) in [7, 11) is 0. The van der Waals surface area contributed by atoms with Crippen LogP contribution in [0.15, 0.2) is 16.9 Å². The van der Waals surface area contributed by atoms with Crippen LogP contribution in [0, 0.1) is 18.6 Å². The number of carbonyl (C=O) groups is 1. The van der Waals surface area contributed by atoms with Crippen molar-refractivity contribution in [3.05, 3.63) is 45.2 Å². The lowest BCUT2D eigenvalue weighted by Gasteiger charge is -2.16. The summed E-state index contributed by atoms with van der Waals surface area (Å²) >= 11 is 0. The number of hydrogen-bond donors (Lipinski definition) is 1. The second-order valence-electron chi connectivity index (χ2n) is 4.99. The number of aromatic nitrogens is 1. The fraction of sp³-hybridized carbons (Fsp3) is 0.286. The number of hydrogen-bond acceptors (Lipinski definition) is 2. The van der Waals surface area contributed by atoms with Crippen molar-refractivity contribution >= 4 is 16.9 Å². The number of halogens is 2. The Labute approximate surface area is 112 Å². The summed E-state index contributed by atoms with van der Waals surface area (Å²) in [6.07, 6.45) is 1.43. The normalized spacial score (nSPS) is 14.8. The van der Waals surface area contributed by atoms with E-state index in [2.05, 4.69) is 0 Å². The number of aromatic carboxylic acids is 1. The van der Waals surface area contributed by atoms with E-state index in [0.717, 1.165) is 6.07 Å². The van der Waals surface area contributed by atoms with Crippen LogP contribution in [0.1, 0.15) is 34.9 Å². The zero-order valence-electron chi connectivity index (χ0n) is 10.6. The first kappa shape index (κ1) is 12.8. The highest BCUT2D eigenvalue weighted by Gasteiger charge is 2.32. The van der Waals surface area contributed by atoms with E-state index >= 15 is 0 Å². The van der Waals surface area contributed by atoms with Crippen molar-refractivity contribution in [3.8, 4) is 0 Å². The van der Waals surface area contributed by atoms with Gasteiger partial charge in [-0.3, -0.25) is 4.79 Å². The summed E-state index contributed by atoms with van der Waals surface area (Å²) in [6.45, 7) is 1.37. The van der Waals surface area contributed by atoms with Gasteiger partial charge in [0.2, 0.25) is 0 Å². The molecular weight excluding hydrogens is 268 g/mol. The lowest BCUT2D eigenvalue weighted by molar-refractivity contribution is 0.0683. The molecule has 0 radical (unpaired) electrons. The minimum atomic E-state index is -1.28. The van der Waals surface area contributed by atoms with Gasteiger partial charge in [0.15, 0.2) is 11.2 Å². The maximum absolute atomic E-state index is 14.1. The molecule has 0 saturated heterocycles. The molecule has 1 aliphatic rings. The van der Waals surface area contributed by atoms with E-state index in [1.807, 2.05) is 0 Å². The van der Waals surface area contributed by atoms with Crippen LogP contribution in [0.25, 0.3) is 10.9 Å². The summed E-state index contributed by atoms with van der Waals surface area (Å²) in [5.41, 5.74) is -0.980. The molecule has 1 aromatic heterocycles. The largest absolute Gasteiger partial charge is 0.477 e. The summed E-state index contributed by atoms with van der Waals surface area (Å²) in [6, 6.07) is 1.47. The van der Waals surface area contributed by atoms with E-state index in [1.54, 1.807) is 0 Å². The van der Waals surface area contributed by atoms with Gasteiger partial charge in [-0.1, -0.05) is 0 Å². The second kappa shape index (κ2) is 4.13. The zero-order valence-corrected chi connectivity index (χ0v) is 10.6. The van der Waals surface area contributed by atoms with Gasteiger partial charge in [-0.15, -0.1) is 0 Å². The third-order valence-electron chi connectivity index (χ3n) is 3.57. The number of carboxylic acids is 1. The molecule has 1 fully saturated rings. The van der Waals surface area contributed by atoms with Crippen molar-refractivity contribution in [3.63, 3.8) is 0 Å². The Kier molecular flexibility index (Phi) is 2.64. The Bertz CT molecular complexity index is 806. The average molecular weight is 279 g/mol. The number of fused-ring (bicyclic) bond motifs is 1. The highest BCUT2D eigenvalue weighted by molar-refractivity contribution is 5.92. The SMILES string of the molecule is Cc1c(C(=O)O)n(C2CC2)c2c(F)cc(F)cc2c1=O. The molecule has 0 spiro atoms. The van der Waals surface area contributed by atoms with Gasteiger partial charge >= 0.3 is 5.97 Å². The molecule has 3 rings (SSSR count). The maximum atomic E-state index is 14.1. The highest BCUT2D eigenvalue weighted by Crippen LogP contribution is 2.39. The molecule has 1 aliphatic carbocycles. The standard InChI is InChI=1S/C14H11F2NO3/c1-6-11(14(19)20)17(8-2-3-8)12-9(13(6)18)4-7(15)5-10(12)16/h4-5,8H,2-3H2,1H3,(H,19,20). The summed E-state index contributed by atoms with van der Waals surface area (Å²) in [5.74, 6) is -3.04. The van der Waals surface area contributed by atoms with Crippen molar-refractivity contribution in [1.82, 2.24) is 4.57 Å². The second-order valence-corrected chi connectivity index (χ2v) is 4.99. The van der Waals surface area contributed by atoms with Gasteiger partial charge in [-0.2, -0.15) is 0 Å². The molecule has 1 heterocycles. The monoisotopic (exact) mass is 279 g/mol. The summed E-state index contributed by atoms with van der Waals surface area (Å²) in [5, 5.41) is 9.18. The van der Waals surface area contributed by atoms with Gasteiger partial charge in [-0.25, -0.2) is 13.6 Å². The van der Waals surface area contributed by atoms with Crippen LogP contribution in [-0.2, 0) is 0 Å². The van der Waals surface area contributed by atoms with Gasteiger partial charge in [-0.05, 0) is 25.8 Å². The molecule has 104 valence electrons. The third kappa shape index (κ3) is 1.71. The molecule has 1 saturated carbocycles. The predicted molar refractivity (Wildman–Crippen MR) is 68.1 cm³/mol. The quantitative estimate of drug-likeness (QED) is 0.919. The van der Waals surface area contributed by atoms with E-state index in [4.69, 9.17) is 0 Å². The first-order valence-electron chi connectivity index (χ1n) is 6.19. The number of nitrogens with zero attached hydrogens (tertiary/aromatic N) is 1. The Morgan fingerprint density at radius 2 is 2.00 bits per heavy atom. The topological polar surface area (TPSA) is 59.3 Å². The van der Waals surface area contributed by atoms with E-state index in [9.17, 15) is 23.5 Å². The van der Waals surface area contributed by atoms with E-state index < -0.39 is 23.0 Å². The van der Waals surface area contributed by atoms with Gasteiger partial charge < -0.3 is 9.67 Å². The predicted octanol–water partition coefficient (Wildman–Crippen LogP) is 2.62. The first-order valence-corrected chi connectivity index (χ1v) is 6.19. The van der Waals surface area contributed by atoms with E-state index in [1.165, 1.54) is 11.5 Å². The van der Waals surface area contributed by atoms with Crippen molar-refractivity contribution in [2.75, 3.05) is 0 Å².